The van der Waals surface area contributed by atoms with Crippen LogP contribution in [0.5, 0.6) is 0 Å². The van der Waals surface area contributed by atoms with Crippen molar-refractivity contribution in [1.82, 2.24) is 4.98 Å². The van der Waals surface area contributed by atoms with Crippen LogP contribution in [0.2, 0.25) is 0 Å². The van der Waals surface area contributed by atoms with Crippen LogP contribution in [0.25, 0.3) is 0 Å². The highest BCUT2D eigenvalue weighted by molar-refractivity contribution is 5.96. The van der Waals surface area contributed by atoms with Crippen LogP contribution in [-0.4, -0.2) is 27.3 Å². The van der Waals surface area contributed by atoms with E-state index in [2.05, 4.69) is 4.98 Å². The molecule has 0 atom stereocenters. The Labute approximate surface area is 69.5 Å². The van der Waals surface area contributed by atoms with Crippen molar-refractivity contribution >= 4 is 5.78 Å². The van der Waals surface area contributed by atoms with Crippen LogP contribution >= 0.6 is 0 Å². The van der Waals surface area contributed by atoms with Gasteiger partial charge in [0.1, 0.15) is 5.69 Å². The van der Waals surface area contributed by atoms with Crippen molar-refractivity contribution < 1.29 is 15.0 Å². The Morgan fingerprint density at radius 3 is 2.58 bits per heavy atom. The van der Waals surface area contributed by atoms with E-state index >= 15 is 0 Å². The van der Waals surface area contributed by atoms with Gasteiger partial charge in [-0.3, -0.25) is 9.78 Å². The molecule has 0 spiro atoms. The summed E-state index contributed by atoms with van der Waals surface area (Å²) in [6, 6.07) is 3.14. The Bertz CT molecular complexity index is 279. The van der Waals surface area contributed by atoms with Gasteiger partial charge in [0, 0.05) is 6.20 Å². The number of hydrogen-bond acceptors (Lipinski definition) is 4. The van der Waals surface area contributed by atoms with Gasteiger partial charge < -0.3 is 10.2 Å². The molecular weight excluding hydrogens is 158 g/mol. The zero-order valence-corrected chi connectivity index (χ0v) is 6.56. The molecule has 1 heterocycles. The summed E-state index contributed by atoms with van der Waals surface area (Å²) in [4.78, 5) is 14.6. The largest absolute Gasteiger partial charge is 0.362 e. The van der Waals surface area contributed by atoms with E-state index in [4.69, 9.17) is 10.2 Å². The number of aliphatic hydroxyl groups excluding tert-OH is 1. The zero-order chi connectivity index (χ0) is 9.14. The quantitative estimate of drug-likeness (QED) is 0.476. The fourth-order valence-electron chi connectivity index (χ4n) is 0.746. The highest BCUT2D eigenvalue weighted by Crippen LogP contribution is 2.00. The molecule has 4 heteroatoms. The van der Waals surface area contributed by atoms with Gasteiger partial charge in [0.15, 0.2) is 0 Å². The SMILES string of the molecule is Cc1ccc(C(=O)C(O)O)nc1. The van der Waals surface area contributed by atoms with Gasteiger partial charge in [-0.2, -0.15) is 0 Å². The second kappa shape index (κ2) is 3.42. The fourth-order valence-corrected chi connectivity index (χ4v) is 0.746. The van der Waals surface area contributed by atoms with Crippen LogP contribution in [0.3, 0.4) is 0 Å². The van der Waals surface area contributed by atoms with E-state index in [0.717, 1.165) is 5.56 Å². The van der Waals surface area contributed by atoms with Crippen molar-refractivity contribution in [2.24, 2.45) is 0 Å². The summed E-state index contributed by atoms with van der Waals surface area (Å²) in [5, 5.41) is 17.0. The molecular formula is C8H9NO3. The van der Waals surface area contributed by atoms with E-state index in [1.165, 1.54) is 12.3 Å². The third-order valence-electron chi connectivity index (χ3n) is 1.40. The Morgan fingerprint density at radius 1 is 1.50 bits per heavy atom. The molecule has 12 heavy (non-hydrogen) atoms. The molecule has 0 aliphatic carbocycles. The van der Waals surface area contributed by atoms with Crippen molar-refractivity contribution in [1.29, 1.82) is 0 Å². The summed E-state index contributed by atoms with van der Waals surface area (Å²) in [7, 11) is 0. The first-order valence-corrected chi connectivity index (χ1v) is 3.44. The lowest BCUT2D eigenvalue weighted by Crippen LogP contribution is -2.20. The average Bonchev–Trinajstić information content (AvgIpc) is 2.04. The molecule has 1 rings (SSSR count). The zero-order valence-electron chi connectivity index (χ0n) is 6.56. The topological polar surface area (TPSA) is 70.4 Å². The van der Waals surface area contributed by atoms with Crippen molar-refractivity contribution in [2.75, 3.05) is 0 Å². The first-order valence-electron chi connectivity index (χ1n) is 3.44. The predicted octanol–water partition coefficient (Wildman–Crippen LogP) is -0.117. The van der Waals surface area contributed by atoms with E-state index in [1.807, 2.05) is 6.92 Å². The van der Waals surface area contributed by atoms with Crippen LogP contribution in [-0.2, 0) is 0 Å². The second-order valence-electron chi connectivity index (χ2n) is 2.46. The number of carbonyl (C=O) groups is 1. The lowest BCUT2D eigenvalue weighted by atomic mass is 10.2. The smallest absolute Gasteiger partial charge is 0.236 e. The van der Waals surface area contributed by atoms with E-state index < -0.39 is 12.1 Å². The van der Waals surface area contributed by atoms with Crippen LogP contribution in [0.4, 0.5) is 0 Å². The van der Waals surface area contributed by atoms with Crippen LogP contribution in [0.15, 0.2) is 18.3 Å². The molecule has 64 valence electrons. The van der Waals surface area contributed by atoms with E-state index in [9.17, 15) is 4.79 Å². The van der Waals surface area contributed by atoms with E-state index in [1.54, 1.807) is 6.07 Å². The Kier molecular flexibility index (Phi) is 2.52. The van der Waals surface area contributed by atoms with E-state index in [-0.39, 0.29) is 5.69 Å². The minimum atomic E-state index is -1.97. The number of pyridine rings is 1. The maximum absolute atomic E-state index is 10.9. The minimum Gasteiger partial charge on any atom is -0.362 e. The first-order chi connectivity index (χ1) is 5.61. The summed E-state index contributed by atoms with van der Waals surface area (Å²) in [6.45, 7) is 1.83. The molecule has 0 saturated heterocycles. The number of aryl methyl sites for hydroxylation is 1. The maximum atomic E-state index is 10.9. The van der Waals surface area contributed by atoms with Gasteiger partial charge in [-0.05, 0) is 18.6 Å². The summed E-state index contributed by atoms with van der Waals surface area (Å²) in [5.41, 5.74) is 0.981. The third-order valence-corrected chi connectivity index (χ3v) is 1.40. The van der Waals surface area contributed by atoms with Gasteiger partial charge in [-0.25, -0.2) is 0 Å². The molecule has 4 nitrogen and oxygen atoms in total. The molecule has 1 aromatic rings. The van der Waals surface area contributed by atoms with Crippen molar-refractivity contribution in [2.45, 2.75) is 13.2 Å². The Balaban J connectivity index is 2.90. The Morgan fingerprint density at radius 2 is 2.17 bits per heavy atom. The number of rotatable bonds is 2. The average molecular weight is 167 g/mol. The summed E-state index contributed by atoms with van der Waals surface area (Å²) in [6.07, 6.45) is -0.476. The molecule has 2 N–H and O–H groups in total. The summed E-state index contributed by atoms with van der Waals surface area (Å²) >= 11 is 0. The Hall–Kier alpha value is -1.26. The van der Waals surface area contributed by atoms with E-state index in [0.29, 0.717) is 0 Å². The van der Waals surface area contributed by atoms with Gasteiger partial charge in [-0.1, -0.05) is 6.07 Å². The van der Waals surface area contributed by atoms with Gasteiger partial charge in [0.25, 0.3) is 0 Å². The molecule has 0 unspecified atom stereocenters. The van der Waals surface area contributed by atoms with Crippen molar-refractivity contribution in [3.05, 3.63) is 29.6 Å². The molecule has 0 bridgehead atoms. The lowest BCUT2D eigenvalue weighted by molar-refractivity contribution is -0.0198. The number of aromatic nitrogens is 1. The normalized spacial score (nSPS) is 10.3. The number of Topliss-reactive ketones (excluding diaryl/α,β-unsaturated/α-hetero) is 1. The molecule has 0 aliphatic heterocycles. The van der Waals surface area contributed by atoms with Crippen LogP contribution in [0.1, 0.15) is 16.1 Å². The van der Waals surface area contributed by atoms with Crippen molar-refractivity contribution in [3.63, 3.8) is 0 Å². The first kappa shape index (κ1) is 8.83. The van der Waals surface area contributed by atoms with Gasteiger partial charge >= 0.3 is 0 Å². The minimum absolute atomic E-state index is 0.0654. The molecule has 0 amide bonds. The molecule has 0 aliphatic rings. The molecule has 1 aromatic heterocycles. The summed E-state index contributed by atoms with van der Waals surface area (Å²) < 4.78 is 0. The van der Waals surface area contributed by atoms with Gasteiger partial charge in [0.05, 0.1) is 0 Å². The molecule has 0 fully saturated rings. The number of hydrogen-bond donors (Lipinski definition) is 2. The number of ketones is 1. The highest BCUT2D eigenvalue weighted by atomic mass is 16.5. The van der Waals surface area contributed by atoms with Gasteiger partial charge in [0.2, 0.25) is 12.1 Å². The number of nitrogens with zero attached hydrogens (tertiary/aromatic N) is 1. The lowest BCUT2D eigenvalue weighted by Gasteiger charge is -2.00. The number of aliphatic hydroxyl groups is 2. The molecule has 0 aromatic carbocycles. The summed E-state index contributed by atoms with van der Waals surface area (Å²) in [5.74, 6) is -0.782. The van der Waals surface area contributed by atoms with Crippen molar-refractivity contribution in [3.8, 4) is 0 Å². The standard InChI is InChI=1S/C8H9NO3/c1-5-2-3-6(9-4-5)7(10)8(11)12/h2-4,8,11-12H,1H3. The molecule has 0 radical (unpaired) electrons. The molecule has 0 saturated carbocycles. The predicted molar refractivity (Wildman–Crippen MR) is 41.5 cm³/mol. The van der Waals surface area contributed by atoms with Gasteiger partial charge in [-0.15, -0.1) is 0 Å². The monoisotopic (exact) mass is 167 g/mol. The fraction of sp³-hybridized carbons (Fsp3) is 0.250. The van der Waals surface area contributed by atoms with Crippen LogP contribution in [0, 0.1) is 6.92 Å². The van der Waals surface area contributed by atoms with Crippen LogP contribution < -0.4 is 0 Å². The highest BCUT2D eigenvalue weighted by Gasteiger charge is 2.14. The maximum Gasteiger partial charge on any atom is 0.236 e. The number of carbonyl (C=O) groups excluding carboxylic acids is 1. The second-order valence-corrected chi connectivity index (χ2v) is 2.46. The third kappa shape index (κ3) is 1.87.